The minimum absolute atomic E-state index is 0.0706. The van der Waals surface area contributed by atoms with Crippen molar-refractivity contribution in [3.63, 3.8) is 0 Å². The van der Waals surface area contributed by atoms with Gasteiger partial charge in [0.15, 0.2) is 10.8 Å². The van der Waals surface area contributed by atoms with Gasteiger partial charge in [0, 0.05) is 28.0 Å². The summed E-state index contributed by atoms with van der Waals surface area (Å²) in [7, 11) is 0. The second kappa shape index (κ2) is 9.13. The molecule has 2 atom stereocenters. The highest BCUT2D eigenvalue weighted by Crippen LogP contribution is 2.43. The third-order valence-electron chi connectivity index (χ3n) is 4.52. The minimum atomic E-state index is -1.23. The molecule has 12 nitrogen and oxygen atoms in total. The van der Waals surface area contributed by atoms with Crippen LogP contribution in [-0.2, 0) is 20.1 Å². The molecule has 2 aromatic heterocycles. The van der Waals surface area contributed by atoms with E-state index in [1.165, 1.54) is 28.9 Å². The van der Waals surface area contributed by atoms with Gasteiger partial charge in [0.1, 0.15) is 22.8 Å². The number of hydrogen-bond donors (Lipinski definition) is 4. The summed E-state index contributed by atoms with van der Waals surface area (Å²) in [6, 6.07) is 2.54. The van der Waals surface area contributed by atoms with Crippen LogP contribution in [0.1, 0.15) is 11.4 Å². The molecule has 2 aliphatic rings. The topological polar surface area (TPSA) is 184 Å². The van der Waals surface area contributed by atoms with Crippen molar-refractivity contribution in [2.45, 2.75) is 17.2 Å². The van der Waals surface area contributed by atoms with E-state index in [0.717, 1.165) is 16.2 Å². The van der Waals surface area contributed by atoms with Crippen LogP contribution in [0.4, 0.5) is 5.13 Å². The predicted molar refractivity (Wildman–Crippen MR) is 118 cm³/mol. The van der Waals surface area contributed by atoms with Gasteiger partial charge in [-0.15, -0.1) is 34.9 Å². The molecule has 1 saturated heterocycles. The monoisotopic (exact) mass is 493 g/mol. The third-order valence-corrected chi connectivity index (χ3v) is 7.79. The number of thiazole rings is 1. The molecule has 0 aliphatic carbocycles. The number of oxime groups is 1. The van der Waals surface area contributed by atoms with Crippen molar-refractivity contribution in [1.82, 2.24) is 25.4 Å². The first-order valence-corrected chi connectivity index (χ1v) is 11.9. The summed E-state index contributed by atoms with van der Waals surface area (Å²) in [5, 5.41) is 33.2. The quantitative estimate of drug-likeness (QED) is 0.180. The summed E-state index contributed by atoms with van der Waals surface area (Å²) in [6.45, 7) is 0. The molecule has 4 rings (SSSR count). The number of β-lactam (4-membered cyclic amide) rings is 1. The standard InChI is InChI=1S/C17H15N7O5S3/c18-17-20-8(5-32-17)10(23-29)13(25)21-11-14(26)24-12(16(27)28)9(6-31-15(11)24)30-4-7-2-1-3-19-22-7/h1-3,5,11,15,29H,4,6H2,(H2,18,20)(H,21,25)(H,27,28)/b23-10-/t11-,15-/m1/s1. The van der Waals surface area contributed by atoms with Crippen molar-refractivity contribution in [3.05, 3.63) is 45.7 Å². The Kier molecular flexibility index (Phi) is 6.29. The molecular formula is C17H15N7O5S3. The zero-order valence-corrected chi connectivity index (χ0v) is 18.5. The Hall–Kier alpha value is -3.17. The molecule has 5 N–H and O–H groups in total. The normalized spacial score (nSPS) is 20.6. The third kappa shape index (κ3) is 4.13. The summed E-state index contributed by atoms with van der Waals surface area (Å²) in [5.41, 5.74) is 5.79. The van der Waals surface area contributed by atoms with Crippen LogP contribution in [0, 0.1) is 0 Å². The van der Waals surface area contributed by atoms with Crippen LogP contribution < -0.4 is 11.1 Å². The predicted octanol–water partition coefficient (Wildman–Crippen LogP) is 0.323. The van der Waals surface area contributed by atoms with Gasteiger partial charge in [-0.05, 0) is 12.1 Å². The fourth-order valence-corrected chi connectivity index (χ4v) is 6.17. The van der Waals surface area contributed by atoms with Crippen molar-refractivity contribution < 1.29 is 24.7 Å². The summed E-state index contributed by atoms with van der Waals surface area (Å²) >= 11 is 3.66. The van der Waals surface area contributed by atoms with Gasteiger partial charge >= 0.3 is 5.97 Å². The van der Waals surface area contributed by atoms with Crippen LogP contribution in [0.5, 0.6) is 0 Å². The lowest BCUT2D eigenvalue weighted by Gasteiger charge is -2.49. The Labute approximate surface area is 193 Å². The van der Waals surface area contributed by atoms with Gasteiger partial charge in [0.25, 0.3) is 11.8 Å². The Morgan fingerprint density at radius 3 is 2.88 bits per heavy atom. The molecule has 1 fully saturated rings. The highest BCUT2D eigenvalue weighted by Gasteiger charge is 2.54. The molecule has 0 unspecified atom stereocenters. The van der Waals surface area contributed by atoms with E-state index in [1.54, 1.807) is 18.3 Å². The number of nitrogens with two attached hydrogens (primary N) is 1. The molecule has 0 saturated carbocycles. The van der Waals surface area contributed by atoms with Crippen LogP contribution in [0.15, 0.2) is 39.5 Å². The lowest BCUT2D eigenvalue weighted by molar-refractivity contribution is -0.150. The lowest BCUT2D eigenvalue weighted by atomic mass is 10.0. The fraction of sp³-hybridized carbons (Fsp3) is 0.235. The number of hydrogen-bond acceptors (Lipinski definition) is 12. The second-order valence-electron chi connectivity index (χ2n) is 6.46. The first kappa shape index (κ1) is 22.0. The van der Waals surface area contributed by atoms with Crippen LogP contribution in [0.25, 0.3) is 0 Å². The first-order chi connectivity index (χ1) is 15.4. The SMILES string of the molecule is Nc1nc(/C(=N/O)C(=O)N[C@@H]2C(=O)N3C(C(=O)O)=C(SCc4cccnn4)CS[C@H]23)cs1. The molecule has 4 heterocycles. The largest absolute Gasteiger partial charge is 0.477 e. The van der Waals surface area contributed by atoms with E-state index < -0.39 is 29.2 Å². The highest BCUT2D eigenvalue weighted by molar-refractivity contribution is 8.05. The van der Waals surface area contributed by atoms with E-state index in [0.29, 0.717) is 22.1 Å². The molecule has 0 aromatic carbocycles. The Bertz CT molecular complexity index is 1140. The average molecular weight is 494 g/mol. The summed E-state index contributed by atoms with van der Waals surface area (Å²) in [5.74, 6) is -1.87. The smallest absolute Gasteiger partial charge is 0.353 e. The van der Waals surface area contributed by atoms with E-state index in [1.807, 2.05) is 0 Å². The fourth-order valence-electron chi connectivity index (χ4n) is 3.09. The van der Waals surface area contributed by atoms with Gasteiger partial charge in [0.05, 0.1) is 5.69 Å². The van der Waals surface area contributed by atoms with E-state index >= 15 is 0 Å². The number of aliphatic carboxylic acids is 1. The number of thioether (sulfide) groups is 2. The Balaban J connectivity index is 1.48. The highest BCUT2D eigenvalue weighted by atomic mass is 32.2. The number of anilines is 1. The number of carbonyl (C=O) groups excluding carboxylic acids is 2. The van der Waals surface area contributed by atoms with Crippen LogP contribution in [0.2, 0.25) is 0 Å². The summed E-state index contributed by atoms with van der Waals surface area (Å²) in [4.78, 5) is 42.8. The molecule has 0 radical (unpaired) electrons. The van der Waals surface area contributed by atoms with E-state index in [-0.39, 0.29) is 22.2 Å². The van der Waals surface area contributed by atoms with E-state index in [4.69, 9.17) is 5.73 Å². The number of amides is 2. The minimum Gasteiger partial charge on any atom is -0.477 e. The summed E-state index contributed by atoms with van der Waals surface area (Å²) < 4.78 is 0. The molecule has 166 valence electrons. The average Bonchev–Trinajstić information content (AvgIpc) is 3.22. The molecule has 0 spiro atoms. The first-order valence-electron chi connectivity index (χ1n) is 8.95. The number of nitrogens with one attached hydrogen (secondary N) is 1. The number of carbonyl (C=O) groups is 3. The van der Waals surface area contributed by atoms with Gasteiger partial charge in [-0.2, -0.15) is 10.2 Å². The molecule has 0 bridgehead atoms. The van der Waals surface area contributed by atoms with Gasteiger partial charge < -0.3 is 21.4 Å². The van der Waals surface area contributed by atoms with Gasteiger partial charge in [-0.1, -0.05) is 5.16 Å². The zero-order valence-electron chi connectivity index (χ0n) is 16.0. The molecule has 2 aliphatic heterocycles. The maximum Gasteiger partial charge on any atom is 0.353 e. The second-order valence-corrected chi connectivity index (χ2v) is 9.53. The molecule has 15 heteroatoms. The number of fused-ring (bicyclic) bond motifs is 1. The molecule has 2 aromatic rings. The Morgan fingerprint density at radius 1 is 1.44 bits per heavy atom. The maximum atomic E-state index is 12.8. The van der Waals surface area contributed by atoms with Crippen molar-refractivity contribution >= 4 is 63.5 Å². The van der Waals surface area contributed by atoms with E-state index in [2.05, 4.69) is 25.7 Å². The molecule has 2 amide bonds. The Morgan fingerprint density at radius 2 is 2.25 bits per heavy atom. The molecule has 32 heavy (non-hydrogen) atoms. The molecular weight excluding hydrogens is 478 g/mol. The number of rotatable bonds is 7. The zero-order chi connectivity index (χ0) is 22.8. The van der Waals surface area contributed by atoms with Crippen molar-refractivity contribution in [3.8, 4) is 0 Å². The van der Waals surface area contributed by atoms with Crippen molar-refractivity contribution in [2.24, 2.45) is 5.16 Å². The number of aromatic nitrogens is 3. The van der Waals surface area contributed by atoms with Crippen molar-refractivity contribution in [2.75, 3.05) is 11.5 Å². The number of carboxylic acid groups (broad SMARTS) is 1. The van der Waals surface area contributed by atoms with E-state index in [9.17, 15) is 24.7 Å². The number of nitrogen functional groups attached to an aromatic ring is 1. The lowest BCUT2D eigenvalue weighted by Crippen LogP contribution is -2.71. The van der Waals surface area contributed by atoms with Crippen LogP contribution >= 0.6 is 34.9 Å². The number of nitrogens with zero attached hydrogens (tertiary/aromatic N) is 5. The van der Waals surface area contributed by atoms with Gasteiger partial charge in [-0.25, -0.2) is 9.78 Å². The van der Waals surface area contributed by atoms with Crippen LogP contribution in [0.3, 0.4) is 0 Å². The summed E-state index contributed by atoms with van der Waals surface area (Å²) in [6.07, 6.45) is 1.54. The van der Waals surface area contributed by atoms with Gasteiger partial charge in [-0.3, -0.25) is 14.5 Å². The van der Waals surface area contributed by atoms with Gasteiger partial charge in [0.2, 0.25) is 0 Å². The van der Waals surface area contributed by atoms with Crippen molar-refractivity contribution in [1.29, 1.82) is 0 Å². The van der Waals surface area contributed by atoms with Crippen LogP contribution in [-0.4, -0.2) is 71.1 Å². The number of carboxylic acids is 1. The maximum absolute atomic E-state index is 12.8.